The van der Waals surface area contributed by atoms with Crippen LogP contribution in [0.15, 0.2) is 24.3 Å². The molecular formula is C36H64NO7P. The maximum absolute atomic E-state index is 12.8. The Morgan fingerprint density at radius 2 is 1.42 bits per heavy atom. The van der Waals surface area contributed by atoms with Crippen LogP contribution in [0.4, 0.5) is 0 Å². The molecule has 0 radical (unpaired) electrons. The number of quaternary nitrogens is 1. The normalized spacial score (nSPS) is 27.8. The first kappa shape index (κ1) is 38.4. The standard InChI is InChI=1S/C36H64NO7P/c1-4-5-6-7-8-9-10-11-12-13-14-15-16-19-28-41-29-34(44-32(2)38)30-42-45(39,40)43-31-36(3)24-18-17-20-35(36)37-25-21-33(22-26-37)23-27-37/h17-18,20,24,33-35H,4-16,19,21-23,25-31H2,1-3H3. The summed E-state index contributed by atoms with van der Waals surface area (Å²) in [6.45, 7) is 9.38. The lowest BCUT2D eigenvalue weighted by atomic mass is 9.74. The highest BCUT2D eigenvalue weighted by atomic mass is 31.2. The Morgan fingerprint density at radius 3 is 1.98 bits per heavy atom. The van der Waals surface area contributed by atoms with E-state index in [1.807, 2.05) is 6.08 Å². The number of carbonyl (C=O) groups excluding carboxylic acids is 1. The van der Waals surface area contributed by atoms with Gasteiger partial charge in [0.2, 0.25) is 0 Å². The third-order valence-electron chi connectivity index (χ3n) is 10.3. The summed E-state index contributed by atoms with van der Waals surface area (Å²) in [5.74, 6) is 0.346. The number of hydrogen-bond donors (Lipinski definition) is 0. The zero-order valence-corrected chi connectivity index (χ0v) is 29.7. The Labute approximate surface area is 274 Å². The van der Waals surface area contributed by atoms with Gasteiger partial charge in [-0.3, -0.25) is 9.36 Å². The minimum absolute atomic E-state index is 0.0105. The molecule has 0 aromatic carbocycles. The van der Waals surface area contributed by atoms with Crippen molar-refractivity contribution >= 4 is 13.8 Å². The van der Waals surface area contributed by atoms with Crippen LogP contribution in [0.1, 0.15) is 130 Å². The number of ether oxygens (including phenoxy) is 2. The largest absolute Gasteiger partial charge is 0.756 e. The van der Waals surface area contributed by atoms with Crippen LogP contribution in [-0.4, -0.2) is 68.7 Å². The fourth-order valence-corrected chi connectivity index (χ4v) is 8.46. The summed E-state index contributed by atoms with van der Waals surface area (Å²) >= 11 is 0. The van der Waals surface area contributed by atoms with Crippen molar-refractivity contribution in [1.82, 2.24) is 0 Å². The molecule has 45 heavy (non-hydrogen) atoms. The minimum atomic E-state index is -4.62. The monoisotopic (exact) mass is 653 g/mol. The Morgan fingerprint density at radius 1 is 0.867 bits per heavy atom. The molecule has 3 heterocycles. The zero-order valence-electron chi connectivity index (χ0n) is 28.8. The highest BCUT2D eigenvalue weighted by molar-refractivity contribution is 7.45. The summed E-state index contributed by atoms with van der Waals surface area (Å²) in [5.41, 5.74) is -0.464. The number of phosphoric ester groups is 1. The van der Waals surface area contributed by atoms with Crippen LogP contribution < -0.4 is 4.89 Å². The second kappa shape index (κ2) is 20.4. The van der Waals surface area contributed by atoms with Crippen molar-refractivity contribution in [2.75, 3.05) is 46.1 Å². The van der Waals surface area contributed by atoms with E-state index < -0.39 is 25.3 Å². The lowest BCUT2D eigenvalue weighted by Gasteiger charge is -2.56. The number of unbranched alkanes of at least 4 members (excludes halogenated alkanes) is 13. The van der Waals surface area contributed by atoms with Crippen LogP contribution in [0.2, 0.25) is 0 Å². The van der Waals surface area contributed by atoms with Gasteiger partial charge in [-0.15, -0.1) is 0 Å². The van der Waals surface area contributed by atoms with Gasteiger partial charge in [0, 0.05) is 13.5 Å². The van der Waals surface area contributed by atoms with Gasteiger partial charge in [0.25, 0.3) is 7.82 Å². The molecular weight excluding hydrogens is 589 g/mol. The molecule has 3 aliphatic heterocycles. The van der Waals surface area contributed by atoms with Crippen molar-refractivity contribution in [2.45, 2.75) is 142 Å². The van der Waals surface area contributed by atoms with Crippen molar-refractivity contribution in [3.05, 3.63) is 24.3 Å². The highest BCUT2D eigenvalue weighted by Gasteiger charge is 2.51. The van der Waals surface area contributed by atoms with Gasteiger partial charge in [0.05, 0.1) is 44.9 Å². The fraction of sp³-hybridized carbons (Fsp3) is 0.861. The second-order valence-electron chi connectivity index (χ2n) is 14.2. The first-order chi connectivity index (χ1) is 21.7. The van der Waals surface area contributed by atoms with E-state index in [2.05, 4.69) is 32.1 Å². The van der Waals surface area contributed by atoms with Crippen molar-refractivity contribution < 1.29 is 37.3 Å². The Hall–Kier alpha value is -1.02. The molecule has 0 spiro atoms. The van der Waals surface area contributed by atoms with E-state index in [1.165, 1.54) is 103 Å². The van der Waals surface area contributed by atoms with Gasteiger partial charge in [-0.1, -0.05) is 109 Å². The van der Waals surface area contributed by atoms with Gasteiger partial charge in [0.1, 0.15) is 12.1 Å². The second-order valence-corrected chi connectivity index (χ2v) is 15.6. The summed E-state index contributed by atoms with van der Waals surface area (Å²) in [5, 5.41) is 0. The number of hydrogen-bond acceptors (Lipinski definition) is 7. The number of carbonyl (C=O) groups is 1. The molecule has 9 heteroatoms. The Bertz CT molecular complexity index is 934. The first-order valence-corrected chi connectivity index (χ1v) is 19.7. The summed E-state index contributed by atoms with van der Waals surface area (Å²) in [6, 6.07) is 0.167. The highest BCUT2D eigenvalue weighted by Crippen LogP contribution is 2.47. The molecule has 0 N–H and O–H groups in total. The molecule has 3 saturated heterocycles. The molecule has 4 aliphatic rings. The van der Waals surface area contributed by atoms with Crippen LogP contribution in [0.3, 0.4) is 0 Å². The molecule has 1 aliphatic carbocycles. The predicted octanol–water partition coefficient (Wildman–Crippen LogP) is 8.05. The summed E-state index contributed by atoms with van der Waals surface area (Å²) in [7, 11) is -4.62. The number of phosphoric acid groups is 1. The summed E-state index contributed by atoms with van der Waals surface area (Å²) < 4.78 is 35.6. The summed E-state index contributed by atoms with van der Waals surface area (Å²) in [6.07, 6.45) is 29.4. The lowest BCUT2D eigenvalue weighted by molar-refractivity contribution is -0.964. The number of fused-ring (bicyclic) bond motifs is 3. The van der Waals surface area contributed by atoms with Gasteiger partial charge in [-0.25, -0.2) is 0 Å². The van der Waals surface area contributed by atoms with Gasteiger partial charge in [-0.2, -0.15) is 0 Å². The van der Waals surface area contributed by atoms with E-state index in [0.717, 1.165) is 42.9 Å². The first-order valence-electron chi connectivity index (χ1n) is 18.2. The Balaban J connectivity index is 1.28. The van der Waals surface area contributed by atoms with Crippen molar-refractivity contribution in [3.63, 3.8) is 0 Å². The molecule has 3 fully saturated rings. The van der Waals surface area contributed by atoms with E-state index in [4.69, 9.17) is 18.5 Å². The maximum Gasteiger partial charge on any atom is 0.303 e. The number of allylic oxidation sites excluding steroid dienone is 2. The van der Waals surface area contributed by atoms with E-state index in [1.54, 1.807) is 0 Å². The topological polar surface area (TPSA) is 94.1 Å². The van der Waals surface area contributed by atoms with Crippen LogP contribution in [0.25, 0.3) is 0 Å². The third kappa shape index (κ3) is 13.9. The molecule has 0 amide bonds. The number of nitrogens with zero attached hydrogens (tertiary/aromatic N) is 1. The smallest absolute Gasteiger partial charge is 0.303 e. The number of piperidine rings is 3. The molecule has 4 atom stereocenters. The van der Waals surface area contributed by atoms with E-state index in [9.17, 15) is 14.3 Å². The van der Waals surface area contributed by atoms with Crippen LogP contribution >= 0.6 is 7.82 Å². The molecule has 8 nitrogen and oxygen atoms in total. The van der Waals surface area contributed by atoms with Crippen molar-refractivity contribution in [2.24, 2.45) is 11.3 Å². The molecule has 2 bridgehead atoms. The molecule has 0 aromatic heterocycles. The molecule has 0 saturated carbocycles. The van der Waals surface area contributed by atoms with Crippen LogP contribution in [-0.2, 0) is 27.9 Å². The predicted molar refractivity (Wildman–Crippen MR) is 179 cm³/mol. The Kier molecular flexibility index (Phi) is 17.4. The quantitative estimate of drug-likeness (QED) is 0.0426. The van der Waals surface area contributed by atoms with E-state index in [0.29, 0.717) is 6.61 Å². The van der Waals surface area contributed by atoms with Crippen LogP contribution in [0.5, 0.6) is 0 Å². The van der Waals surface area contributed by atoms with Gasteiger partial charge >= 0.3 is 5.97 Å². The number of esters is 1. The minimum Gasteiger partial charge on any atom is -0.756 e. The average Bonchev–Trinajstić information content (AvgIpc) is 3.03. The zero-order chi connectivity index (χ0) is 32.4. The number of rotatable bonds is 25. The summed E-state index contributed by atoms with van der Waals surface area (Å²) in [4.78, 5) is 24.5. The molecule has 0 aromatic rings. The molecule has 4 unspecified atom stereocenters. The third-order valence-corrected chi connectivity index (χ3v) is 11.2. The molecule has 260 valence electrons. The van der Waals surface area contributed by atoms with Crippen molar-refractivity contribution in [1.29, 1.82) is 0 Å². The fourth-order valence-electron chi connectivity index (χ4n) is 7.60. The van der Waals surface area contributed by atoms with Gasteiger partial charge < -0.3 is 27.9 Å². The van der Waals surface area contributed by atoms with E-state index >= 15 is 0 Å². The average molecular weight is 654 g/mol. The SMILES string of the molecule is CCCCCCCCCCCCCCCCOCC(COP(=O)([O-])OCC1(C)C=CC=CC1[N+]12CCC(CC1)CC2)OC(C)=O. The van der Waals surface area contributed by atoms with Gasteiger partial charge in [0.15, 0.2) is 0 Å². The van der Waals surface area contributed by atoms with Gasteiger partial charge in [-0.05, 0) is 44.6 Å². The van der Waals surface area contributed by atoms with E-state index in [-0.39, 0.29) is 25.9 Å². The van der Waals surface area contributed by atoms with Crippen LogP contribution in [0, 0.1) is 11.3 Å². The maximum atomic E-state index is 12.8. The molecule has 4 rings (SSSR count). The van der Waals surface area contributed by atoms with Crippen molar-refractivity contribution in [3.8, 4) is 0 Å². The lowest BCUT2D eigenvalue weighted by Crippen LogP contribution is -2.67.